The smallest absolute Gasteiger partial charge is 0.407 e. The number of carboxylic acid groups (broad SMARTS) is 1. The van der Waals surface area contributed by atoms with Crippen LogP contribution in [0.4, 0.5) is 4.79 Å². The number of carbonyl (C=O) groups excluding carboxylic acids is 1. The lowest BCUT2D eigenvalue weighted by molar-refractivity contribution is -0.142. The van der Waals surface area contributed by atoms with Crippen LogP contribution in [0, 0.1) is 17.3 Å². The molecule has 1 aliphatic rings. The maximum atomic E-state index is 12.4. The largest absolute Gasteiger partial charge is 0.481 e. The molecule has 0 aromatic heterocycles. The van der Waals surface area contributed by atoms with E-state index >= 15 is 0 Å². The first-order valence-electron chi connectivity index (χ1n) is 9.17. The Bertz CT molecular complexity index is 792. The van der Waals surface area contributed by atoms with Gasteiger partial charge in [0.15, 0.2) is 0 Å². The molecule has 1 fully saturated rings. The summed E-state index contributed by atoms with van der Waals surface area (Å²) in [4.78, 5) is 23.8. The van der Waals surface area contributed by atoms with Gasteiger partial charge in [0, 0.05) is 0 Å². The van der Waals surface area contributed by atoms with Crippen LogP contribution in [0.15, 0.2) is 60.7 Å². The molecular formula is C22H25NO4. The predicted octanol–water partition coefficient (Wildman–Crippen LogP) is 4.40. The molecule has 0 spiro atoms. The average molecular weight is 367 g/mol. The van der Waals surface area contributed by atoms with Crippen LogP contribution < -0.4 is 5.32 Å². The Morgan fingerprint density at radius 3 is 2.33 bits per heavy atom. The lowest BCUT2D eigenvalue weighted by atomic mass is 9.86. The molecule has 2 aromatic carbocycles. The van der Waals surface area contributed by atoms with Crippen molar-refractivity contribution >= 4 is 12.1 Å². The Hall–Kier alpha value is -2.82. The van der Waals surface area contributed by atoms with Crippen molar-refractivity contribution in [2.24, 2.45) is 17.3 Å². The first-order chi connectivity index (χ1) is 12.9. The molecule has 1 amide bonds. The maximum Gasteiger partial charge on any atom is 0.407 e. The van der Waals surface area contributed by atoms with Gasteiger partial charge in [-0.1, -0.05) is 74.5 Å². The van der Waals surface area contributed by atoms with E-state index in [0.29, 0.717) is 0 Å². The van der Waals surface area contributed by atoms with Gasteiger partial charge >= 0.3 is 12.1 Å². The van der Waals surface area contributed by atoms with Gasteiger partial charge in [0.25, 0.3) is 0 Å². The normalized spacial score (nSPS) is 23.1. The fourth-order valence-electron chi connectivity index (χ4n) is 3.82. The number of hydrogen-bond donors (Lipinski definition) is 2. The molecule has 0 bridgehead atoms. The highest BCUT2D eigenvalue weighted by Gasteiger charge is 2.59. The summed E-state index contributed by atoms with van der Waals surface area (Å²) in [5.41, 5.74) is 1.56. The lowest BCUT2D eigenvalue weighted by Crippen LogP contribution is -2.35. The Balaban J connectivity index is 1.72. The third-order valence-corrected chi connectivity index (χ3v) is 5.61. The summed E-state index contributed by atoms with van der Waals surface area (Å²) in [7, 11) is 0. The quantitative estimate of drug-likeness (QED) is 0.760. The van der Waals surface area contributed by atoms with Crippen LogP contribution in [0.3, 0.4) is 0 Å². The van der Waals surface area contributed by atoms with Crippen molar-refractivity contribution in [3.63, 3.8) is 0 Å². The van der Waals surface area contributed by atoms with Crippen LogP contribution in [0.1, 0.15) is 37.4 Å². The predicted molar refractivity (Wildman–Crippen MR) is 102 cm³/mol. The number of rotatable bonds is 7. The van der Waals surface area contributed by atoms with Gasteiger partial charge in [-0.05, 0) is 28.9 Å². The van der Waals surface area contributed by atoms with Crippen molar-refractivity contribution in [3.8, 4) is 0 Å². The van der Waals surface area contributed by atoms with Gasteiger partial charge in [-0.3, -0.25) is 4.79 Å². The summed E-state index contributed by atoms with van der Waals surface area (Å²) >= 11 is 0. The zero-order chi connectivity index (χ0) is 19.4. The maximum absolute atomic E-state index is 12.4. The number of aliphatic carboxylic acids is 1. The molecule has 0 heterocycles. The number of amides is 1. The summed E-state index contributed by atoms with van der Waals surface area (Å²) in [5.74, 6) is -1.25. The molecule has 142 valence electrons. The van der Waals surface area contributed by atoms with Gasteiger partial charge < -0.3 is 15.2 Å². The van der Waals surface area contributed by atoms with E-state index in [0.717, 1.165) is 17.5 Å². The van der Waals surface area contributed by atoms with E-state index in [1.54, 1.807) is 6.92 Å². The summed E-state index contributed by atoms with van der Waals surface area (Å²) in [5, 5.41) is 12.3. The van der Waals surface area contributed by atoms with Crippen molar-refractivity contribution in [1.29, 1.82) is 0 Å². The minimum absolute atomic E-state index is 0.00892. The van der Waals surface area contributed by atoms with Crippen LogP contribution >= 0.6 is 0 Å². The molecule has 1 saturated carbocycles. The van der Waals surface area contributed by atoms with E-state index < -0.39 is 18.0 Å². The minimum atomic E-state index is -0.804. The van der Waals surface area contributed by atoms with Gasteiger partial charge in [0.2, 0.25) is 0 Å². The van der Waals surface area contributed by atoms with Crippen molar-refractivity contribution in [2.45, 2.75) is 32.9 Å². The lowest BCUT2D eigenvalue weighted by Gasteiger charge is -2.27. The highest BCUT2D eigenvalue weighted by molar-refractivity contribution is 5.71. The molecule has 27 heavy (non-hydrogen) atoms. The zero-order valence-electron chi connectivity index (χ0n) is 15.6. The molecule has 5 heteroatoms. The fourth-order valence-corrected chi connectivity index (χ4v) is 3.82. The molecule has 2 N–H and O–H groups in total. The topological polar surface area (TPSA) is 75.6 Å². The van der Waals surface area contributed by atoms with Gasteiger partial charge in [0.05, 0.1) is 12.0 Å². The van der Waals surface area contributed by atoms with Crippen molar-refractivity contribution < 1.29 is 19.4 Å². The summed E-state index contributed by atoms with van der Waals surface area (Å²) in [6, 6.07) is 18.9. The number of ether oxygens (including phenoxy) is 1. The van der Waals surface area contributed by atoms with Crippen LogP contribution in [0.2, 0.25) is 0 Å². The second-order valence-corrected chi connectivity index (χ2v) is 7.49. The van der Waals surface area contributed by atoms with Crippen molar-refractivity contribution in [1.82, 2.24) is 5.32 Å². The molecule has 0 aliphatic heterocycles. The molecule has 1 aliphatic carbocycles. The highest BCUT2D eigenvalue weighted by atomic mass is 16.5. The third-order valence-electron chi connectivity index (χ3n) is 5.61. The second kappa shape index (κ2) is 7.82. The summed E-state index contributed by atoms with van der Waals surface area (Å²) in [6.45, 7) is 3.96. The molecule has 3 unspecified atom stereocenters. The SMILES string of the molecule is CC(C(=O)O)C1C[C@@]1(C)C(NC(=O)OCc1ccccc1)c1ccccc1. The van der Waals surface area contributed by atoms with Crippen LogP contribution in [-0.4, -0.2) is 17.2 Å². The van der Waals surface area contributed by atoms with Gasteiger partial charge in [-0.25, -0.2) is 4.79 Å². The highest BCUT2D eigenvalue weighted by Crippen LogP contribution is 2.63. The Morgan fingerprint density at radius 2 is 1.74 bits per heavy atom. The molecule has 3 rings (SSSR count). The number of nitrogens with one attached hydrogen (secondary N) is 1. The van der Waals surface area contributed by atoms with Crippen molar-refractivity contribution in [2.75, 3.05) is 0 Å². The van der Waals surface area contributed by atoms with E-state index in [-0.39, 0.29) is 24.0 Å². The van der Waals surface area contributed by atoms with E-state index in [1.165, 1.54) is 0 Å². The minimum Gasteiger partial charge on any atom is -0.481 e. The molecule has 4 atom stereocenters. The molecule has 2 aromatic rings. The summed E-state index contributed by atoms with van der Waals surface area (Å²) in [6.07, 6.45) is 0.251. The van der Waals surface area contributed by atoms with E-state index in [1.807, 2.05) is 67.6 Å². The van der Waals surface area contributed by atoms with E-state index in [2.05, 4.69) is 5.32 Å². The third kappa shape index (κ3) is 4.30. The Morgan fingerprint density at radius 1 is 1.15 bits per heavy atom. The molecule has 0 saturated heterocycles. The van der Waals surface area contributed by atoms with Gasteiger partial charge in [-0.15, -0.1) is 0 Å². The van der Waals surface area contributed by atoms with E-state index in [9.17, 15) is 14.7 Å². The first-order valence-corrected chi connectivity index (χ1v) is 9.17. The zero-order valence-corrected chi connectivity index (χ0v) is 15.6. The van der Waals surface area contributed by atoms with Gasteiger partial charge in [-0.2, -0.15) is 0 Å². The van der Waals surface area contributed by atoms with Gasteiger partial charge in [0.1, 0.15) is 6.61 Å². The van der Waals surface area contributed by atoms with Crippen LogP contribution in [-0.2, 0) is 16.1 Å². The average Bonchev–Trinajstić information content (AvgIpc) is 3.37. The monoisotopic (exact) mass is 367 g/mol. The van der Waals surface area contributed by atoms with E-state index in [4.69, 9.17) is 4.74 Å². The van der Waals surface area contributed by atoms with Crippen LogP contribution in [0.25, 0.3) is 0 Å². The number of carboxylic acids is 1. The number of hydrogen-bond acceptors (Lipinski definition) is 3. The summed E-state index contributed by atoms with van der Waals surface area (Å²) < 4.78 is 5.38. The molecule has 0 radical (unpaired) electrons. The Labute approximate surface area is 159 Å². The first kappa shape index (κ1) is 19.0. The molecular weight excluding hydrogens is 342 g/mol. The molecule has 5 nitrogen and oxygen atoms in total. The standard InChI is InChI=1S/C22H25NO4/c1-15(20(24)25)18-13-22(18,2)19(17-11-7-4-8-12-17)23-21(26)27-14-16-9-5-3-6-10-16/h3-12,15,18-19H,13-14H2,1-2H3,(H,23,26)(H,24,25)/t15?,18?,19?,22-/m1/s1. The second-order valence-electron chi connectivity index (χ2n) is 7.49. The number of alkyl carbamates (subject to hydrolysis) is 1. The van der Waals surface area contributed by atoms with Crippen molar-refractivity contribution in [3.05, 3.63) is 71.8 Å². The van der Waals surface area contributed by atoms with Crippen LogP contribution in [0.5, 0.6) is 0 Å². The Kier molecular flexibility index (Phi) is 5.49. The fraction of sp³-hybridized carbons (Fsp3) is 0.364. The number of benzene rings is 2. The number of carbonyl (C=O) groups is 2.